The highest BCUT2D eigenvalue weighted by Gasteiger charge is 2.24. The molecule has 1 aromatic rings. The Labute approximate surface area is 114 Å². The van der Waals surface area contributed by atoms with E-state index in [-0.39, 0.29) is 17.5 Å². The summed E-state index contributed by atoms with van der Waals surface area (Å²) in [5.41, 5.74) is 0.272. The summed E-state index contributed by atoms with van der Waals surface area (Å²) in [4.78, 5) is 11.9. The third kappa shape index (κ3) is 3.09. The molecule has 1 aromatic carbocycles. The lowest BCUT2D eigenvalue weighted by Crippen LogP contribution is -2.45. The number of halogens is 2. The van der Waals surface area contributed by atoms with E-state index in [4.69, 9.17) is 0 Å². The number of benzene rings is 1. The number of rotatable bonds is 2. The van der Waals surface area contributed by atoms with Crippen LogP contribution in [0.25, 0.3) is 0 Å². The Morgan fingerprint density at radius 2 is 2.11 bits per heavy atom. The Hall–Kier alpha value is -0.940. The monoisotopic (exact) mass is 315 g/mol. The van der Waals surface area contributed by atoms with E-state index in [2.05, 4.69) is 21.2 Å². The minimum Gasteiger partial charge on any atom is -0.391 e. The number of hydrogen-bond donors (Lipinski definition) is 2. The summed E-state index contributed by atoms with van der Waals surface area (Å²) in [7, 11) is 0. The zero-order valence-electron chi connectivity index (χ0n) is 9.83. The zero-order chi connectivity index (χ0) is 13.1. The molecule has 0 bridgehead atoms. The first-order valence-corrected chi connectivity index (χ1v) is 6.81. The molecular formula is C13H15BrFNO2. The van der Waals surface area contributed by atoms with Crippen LogP contribution in [0.1, 0.15) is 36.0 Å². The summed E-state index contributed by atoms with van der Waals surface area (Å²) >= 11 is 3.04. The highest BCUT2D eigenvalue weighted by Crippen LogP contribution is 2.20. The second kappa shape index (κ2) is 5.80. The molecular weight excluding hydrogens is 301 g/mol. The van der Waals surface area contributed by atoms with Crippen molar-refractivity contribution >= 4 is 21.8 Å². The molecule has 1 fully saturated rings. The molecule has 2 rings (SSSR count). The predicted octanol–water partition coefficient (Wildman–Crippen LogP) is 2.62. The van der Waals surface area contributed by atoms with E-state index >= 15 is 0 Å². The average molecular weight is 316 g/mol. The molecule has 2 N–H and O–H groups in total. The van der Waals surface area contributed by atoms with Crippen molar-refractivity contribution in [3.05, 3.63) is 34.1 Å². The quantitative estimate of drug-likeness (QED) is 0.881. The maximum absolute atomic E-state index is 13.3. The molecule has 1 aliphatic carbocycles. The van der Waals surface area contributed by atoms with E-state index in [0.29, 0.717) is 10.9 Å². The van der Waals surface area contributed by atoms with Crippen molar-refractivity contribution in [3.8, 4) is 0 Å². The normalized spacial score (nSPS) is 23.7. The van der Waals surface area contributed by atoms with E-state index in [1.165, 1.54) is 12.1 Å². The van der Waals surface area contributed by atoms with Gasteiger partial charge in [-0.15, -0.1) is 0 Å². The first-order valence-electron chi connectivity index (χ1n) is 6.02. The van der Waals surface area contributed by atoms with Gasteiger partial charge in [-0.3, -0.25) is 4.79 Å². The van der Waals surface area contributed by atoms with Gasteiger partial charge in [0, 0.05) is 5.56 Å². The molecule has 1 saturated carbocycles. The molecule has 0 spiro atoms. The fourth-order valence-electron chi connectivity index (χ4n) is 2.17. The zero-order valence-corrected chi connectivity index (χ0v) is 11.4. The predicted molar refractivity (Wildman–Crippen MR) is 69.8 cm³/mol. The Kier molecular flexibility index (Phi) is 4.35. The van der Waals surface area contributed by atoms with Gasteiger partial charge in [-0.05, 0) is 47.0 Å². The fourth-order valence-corrected chi connectivity index (χ4v) is 2.42. The SMILES string of the molecule is O=C(N[C@H]1CCCC[C@@H]1O)c1ccc(Br)c(F)c1. The number of aliphatic hydroxyl groups is 1. The first-order chi connectivity index (χ1) is 8.58. The summed E-state index contributed by atoms with van der Waals surface area (Å²) in [6.07, 6.45) is 2.96. The summed E-state index contributed by atoms with van der Waals surface area (Å²) < 4.78 is 13.6. The number of aliphatic hydroxyl groups excluding tert-OH is 1. The molecule has 1 aliphatic rings. The van der Waals surface area contributed by atoms with Crippen LogP contribution in [-0.4, -0.2) is 23.2 Å². The Morgan fingerprint density at radius 1 is 1.39 bits per heavy atom. The third-order valence-corrected chi connectivity index (χ3v) is 3.87. The standard InChI is InChI=1S/C13H15BrFNO2/c14-9-6-5-8(7-10(9)15)13(18)16-11-3-1-2-4-12(11)17/h5-7,11-12,17H,1-4H2,(H,16,18)/t11-,12-/m0/s1. The minimum absolute atomic E-state index is 0.224. The second-order valence-electron chi connectivity index (χ2n) is 4.56. The molecule has 0 radical (unpaired) electrons. The molecule has 18 heavy (non-hydrogen) atoms. The Balaban J connectivity index is 2.04. The fraction of sp³-hybridized carbons (Fsp3) is 0.462. The lowest BCUT2D eigenvalue weighted by molar-refractivity contribution is 0.0717. The van der Waals surface area contributed by atoms with E-state index in [0.717, 1.165) is 19.3 Å². The van der Waals surface area contributed by atoms with Crippen LogP contribution in [-0.2, 0) is 0 Å². The van der Waals surface area contributed by atoms with Crippen molar-refractivity contribution in [3.63, 3.8) is 0 Å². The second-order valence-corrected chi connectivity index (χ2v) is 5.41. The number of amides is 1. The van der Waals surface area contributed by atoms with Crippen LogP contribution in [0.5, 0.6) is 0 Å². The number of carbonyl (C=O) groups excluding carboxylic acids is 1. The number of nitrogens with one attached hydrogen (secondary N) is 1. The molecule has 0 aromatic heterocycles. The van der Waals surface area contributed by atoms with E-state index in [9.17, 15) is 14.3 Å². The lowest BCUT2D eigenvalue weighted by atomic mass is 9.92. The summed E-state index contributed by atoms with van der Waals surface area (Å²) in [6.45, 7) is 0. The van der Waals surface area contributed by atoms with Gasteiger partial charge in [-0.25, -0.2) is 4.39 Å². The van der Waals surface area contributed by atoms with Crippen LogP contribution in [0, 0.1) is 5.82 Å². The number of hydrogen-bond acceptors (Lipinski definition) is 2. The van der Waals surface area contributed by atoms with Gasteiger partial charge in [-0.2, -0.15) is 0 Å². The van der Waals surface area contributed by atoms with Crippen LogP contribution >= 0.6 is 15.9 Å². The van der Waals surface area contributed by atoms with Crippen LogP contribution in [0.15, 0.2) is 22.7 Å². The van der Waals surface area contributed by atoms with Crippen molar-refractivity contribution < 1.29 is 14.3 Å². The molecule has 0 aliphatic heterocycles. The van der Waals surface area contributed by atoms with Gasteiger partial charge in [0.2, 0.25) is 0 Å². The van der Waals surface area contributed by atoms with Crippen LogP contribution < -0.4 is 5.32 Å². The van der Waals surface area contributed by atoms with E-state index < -0.39 is 11.9 Å². The summed E-state index contributed by atoms with van der Waals surface area (Å²) in [5.74, 6) is -0.806. The highest BCUT2D eigenvalue weighted by atomic mass is 79.9. The molecule has 0 saturated heterocycles. The molecule has 2 atom stereocenters. The van der Waals surface area contributed by atoms with Crippen molar-refractivity contribution in [1.82, 2.24) is 5.32 Å². The van der Waals surface area contributed by atoms with Crippen LogP contribution in [0.3, 0.4) is 0 Å². The van der Waals surface area contributed by atoms with Gasteiger partial charge < -0.3 is 10.4 Å². The summed E-state index contributed by atoms with van der Waals surface area (Å²) in [6, 6.07) is 4.02. The molecule has 98 valence electrons. The molecule has 0 unspecified atom stereocenters. The molecule has 3 nitrogen and oxygen atoms in total. The van der Waals surface area contributed by atoms with Crippen LogP contribution in [0.4, 0.5) is 4.39 Å². The van der Waals surface area contributed by atoms with Gasteiger partial charge in [0.05, 0.1) is 16.6 Å². The van der Waals surface area contributed by atoms with Gasteiger partial charge >= 0.3 is 0 Å². The van der Waals surface area contributed by atoms with Gasteiger partial charge in [0.15, 0.2) is 0 Å². The van der Waals surface area contributed by atoms with Crippen molar-refractivity contribution in [2.75, 3.05) is 0 Å². The Morgan fingerprint density at radius 3 is 2.78 bits per heavy atom. The van der Waals surface area contributed by atoms with Crippen molar-refractivity contribution in [2.24, 2.45) is 0 Å². The number of carbonyl (C=O) groups is 1. The minimum atomic E-state index is -0.497. The van der Waals surface area contributed by atoms with E-state index in [1.807, 2.05) is 0 Å². The van der Waals surface area contributed by atoms with Gasteiger partial charge in [0.1, 0.15) is 5.82 Å². The third-order valence-electron chi connectivity index (χ3n) is 3.23. The van der Waals surface area contributed by atoms with Crippen LogP contribution in [0.2, 0.25) is 0 Å². The van der Waals surface area contributed by atoms with Crippen molar-refractivity contribution in [2.45, 2.75) is 37.8 Å². The maximum atomic E-state index is 13.3. The highest BCUT2D eigenvalue weighted by molar-refractivity contribution is 9.10. The maximum Gasteiger partial charge on any atom is 0.251 e. The topological polar surface area (TPSA) is 49.3 Å². The molecule has 0 heterocycles. The van der Waals surface area contributed by atoms with Crippen molar-refractivity contribution in [1.29, 1.82) is 0 Å². The largest absolute Gasteiger partial charge is 0.391 e. The van der Waals surface area contributed by atoms with Gasteiger partial charge in [-0.1, -0.05) is 12.8 Å². The summed E-state index contributed by atoms with van der Waals surface area (Å²) in [5, 5.41) is 12.5. The first kappa shape index (κ1) is 13.5. The van der Waals surface area contributed by atoms with E-state index in [1.54, 1.807) is 6.07 Å². The average Bonchev–Trinajstić information content (AvgIpc) is 2.35. The smallest absolute Gasteiger partial charge is 0.251 e. The Bertz CT molecular complexity index is 453. The van der Waals surface area contributed by atoms with Gasteiger partial charge in [0.25, 0.3) is 5.91 Å². The lowest BCUT2D eigenvalue weighted by Gasteiger charge is -2.28. The molecule has 1 amide bonds. The molecule has 5 heteroatoms.